The van der Waals surface area contributed by atoms with Crippen molar-refractivity contribution in [3.05, 3.63) is 88.4 Å². The molecule has 164 valence electrons. The van der Waals surface area contributed by atoms with Gasteiger partial charge in [0.2, 0.25) is 0 Å². The van der Waals surface area contributed by atoms with E-state index in [1.54, 1.807) is 21.4 Å². The normalized spacial score (nSPS) is 10.9. The first-order chi connectivity index (χ1) is 15.5. The lowest BCUT2D eigenvalue weighted by Gasteiger charge is -2.09. The van der Waals surface area contributed by atoms with Gasteiger partial charge in [0.05, 0.1) is 19.3 Å². The summed E-state index contributed by atoms with van der Waals surface area (Å²) in [5.74, 6) is -0.896. The maximum Gasteiger partial charge on any atom is 0.264 e. The number of fused-ring (bicyclic) bond motifs is 1. The average molecular weight is 435 g/mol. The van der Waals surface area contributed by atoms with Crippen LogP contribution in [-0.4, -0.2) is 38.4 Å². The van der Waals surface area contributed by atoms with Crippen LogP contribution in [0.2, 0.25) is 0 Å². The molecule has 1 amide bonds. The van der Waals surface area contributed by atoms with Gasteiger partial charge in [0.25, 0.3) is 11.5 Å². The Morgan fingerprint density at radius 1 is 1.19 bits per heavy atom. The van der Waals surface area contributed by atoms with E-state index in [0.717, 1.165) is 11.1 Å². The van der Waals surface area contributed by atoms with Gasteiger partial charge in [-0.2, -0.15) is 5.10 Å². The summed E-state index contributed by atoms with van der Waals surface area (Å²) in [7, 11) is 0. The number of rotatable bonds is 8. The number of ether oxygens (including phenoxy) is 1. The molecule has 2 heterocycles. The maximum atomic E-state index is 13.5. The molecule has 0 aliphatic rings. The number of hydrogen-bond acceptors (Lipinski definition) is 5. The van der Waals surface area contributed by atoms with E-state index in [4.69, 9.17) is 4.74 Å². The number of benzene rings is 2. The molecule has 9 heteroatoms. The molecule has 1 N–H and O–H groups in total. The van der Waals surface area contributed by atoms with E-state index in [0.29, 0.717) is 24.1 Å². The molecule has 0 radical (unpaired) electrons. The van der Waals surface area contributed by atoms with E-state index in [9.17, 15) is 14.0 Å². The van der Waals surface area contributed by atoms with Crippen molar-refractivity contribution in [2.75, 3.05) is 13.2 Å². The first-order valence-corrected chi connectivity index (χ1v) is 10.1. The Bertz CT molecular complexity index is 1310. The average Bonchev–Trinajstić information content (AvgIpc) is 3.19. The molecule has 0 aliphatic heterocycles. The second kappa shape index (κ2) is 9.42. The number of amides is 1. The lowest BCUT2D eigenvalue weighted by Crippen LogP contribution is -2.32. The highest BCUT2D eigenvalue weighted by molar-refractivity contribution is 5.77. The van der Waals surface area contributed by atoms with Crippen LogP contribution in [0.5, 0.6) is 5.75 Å². The van der Waals surface area contributed by atoms with Crippen LogP contribution in [-0.2, 0) is 17.9 Å². The van der Waals surface area contributed by atoms with Gasteiger partial charge in [-0.05, 0) is 24.6 Å². The minimum Gasteiger partial charge on any atom is -0.481 e. The number of hydrogen-bond donors (Lipinski definition) is 1. The number of aromatic nitrogens is 4. The molecule has 8 nitrogen and oxygen atoms in total. The van der Waals surface area contributed by atoms with E-state index in [-0.39, 0.29) is 24.5 Å². The van der Waals surface area contributed by atoms with Crippen LogP contribution in [0, 0.1) is 12.7 Å². The molecule has 4 aromatic rings. The number of halogens is 1. The van der Waals surface area contributed by atoms with Crippen LogP contribution < -0.4 is 15.6 Å². The topological polar surface area (TPSA) is 91.0 Å². The van der Waals surface area contributed by atoms with Crippen LogP contribution in [0.15, 0.2) is 65.8 Å². The van der Waals surface area contributed by atoms with Crippen LogP contribution in [0.4, 0.5) is 4.39 Å². The summed E-state index contributed by atoms with van der Waals surface area (Å²) in [6.07, 6.45) is 2.99. The largest absolute Gasteiger partial charge is 0.481 e. The quantitative estimate of drug-likeness (QED) is 0.459. The second-order valence-electron chi connectivity index (χ2n) is 7.34. The van der Waals surface area contributed by atoms with Crippen molar-refractivity contribution in [1.82, 2.24) is 24.6 Å². The fourth-order valence-corrected chi connectivity index (χ4v) is 3.34. The zero-order valence-electron chi connectivity index (χ0n) is 17.5. The highest BCUT2D eigenvalue weighted by Gasteiger charge is 2.11. The number of para-hydroxylation sites is 1. The lowest BCUT2D eigenvalue weighted by atomic mass is 10.1. The monoisotopic (exact) mass is 435 g/mol. The third-order valence-corrected chi connectivity index (χ3v) is 4.90. The van der Waals surface area contributed by atoms with Gasteiger partial charge in [-0.15, -0.1) is 0 Å². The van der Waals surface area contributed by atoms with E-state index < -0.39 is 11.7 Å². The summed E-state index contributed by atoms with van der Waals surface area (Å²) in [4.78, 5) is 29.2. The van der Waals surface area contributed by atoms with Crippen molar-refractivity contribution < 1.29 is 13.9 Å². The first-order valence-electron chi connectivity index (χ1n) is 10.1. The van der Waals surface area contributed by atoms with Gasteiger partial charge < -0.3 is 10.1 Å². The predicted molar refractivity (Wildman–Crippen MR) is 117 cm³/mol. The van der Waals surface area contributed by atoms with E-state index in [2.05, 4.69) is 15.4 Å². The van der Waals surface area contributed by atoms with Crippen molar-refractivity contribution >= 4 is 16.9 Å². The summed E-state index contributed by atoms with van der Waals surface area (Å²) in [6, 6.07) is 13.8. The molecule has 0 aliphatic carbocycles. The molecule has 0 bridgehead atoms. The molecule has 0 saturated carbocycles. The summed E-state index contributed by atoms with van der Waals surface area (Å²) < 4.78 is 21.8. The van der Waals surface area contributed by atoms with Gasteiger partial charge in [-0.25, -0.2) is 14.1 Å². The highest BCUT2D eigenvalue weighted by atomic mass is 19.1. The van der Waals surface area contributed by atoms with Crippen LogP contribution in [0.1, 0.15) is 11.1 Å². The van der Waals surface area contributed by atoms with Gasteiger partial charge in [0.1, 0.15) is 11.7 Å². The molecule has 0 fully saturated rings. The van der Waals surface area contributed by atoms with Gasteiger partial charge in [0.15, 0.2) is 23.8 Å². The van der Waals surface area contributed by atoms with Crippen LogP contribution >= 0.6 is 0 Å². The zero-order chi connectivity index (χ0) is 22.5. The van der Waals surface area contributed by atoms with Crippen LogP contribution in [0.3, 0.4) is 0 Å². The van der Waals surface area contributed by atoms with E-state index >= 15 is 0 Å². The summed E-state index contributed by atoms with van der Waals surface area (Å²) >= 11 is 0. The molecule has 0 spiro atoms. The fraction of sp³-hybridized carbons (Fsp3) is 0.217. The molecule has 0 unspecified atom stereocenters. The predicted octanol–water partition coefficient (Wildman–Crippen LogP) is 2.28. The molecule has 2 aromatic heterocycles. The van der Waals surface area contributed by atoms with Crippen molar-refractivity contribution in [2.45, 2.75) is 20.0 Å². The molecular formula is C23H22FN5O3. The summed E-state index contributed by atoms with van der Waals surface area (Å²) in [5, 5.41) is 7.32. The number of carbonyl (C=O) groups excluding carboxylic acids is 1. The Kier molecular flexibility index (Phi) is 6.25. The second-order valence-corrected chi connectivity index (χ2v) is 7.34. The molecular weight excluding hydrogens is 413 g/mol. The number of carbonyl (C=O) groups is 1. The minimum absolute atomic E-state index is 0.0202. The number of nitrogens with zero attached hydrogens (tertiary/aromatic N) is 4. The fourth-order valence-electron chi connectivity index (χ4n) is 3.34. The van der Waals surface area contributed by atoms with Gasteiger partial charge in [-0.3, -0.25) is 14.2 Å². The van der Waals surface area contributed by atoms with Crippen molar-refractivity contribution in [2.24, 2.45) is 0 Å². The Hall–Kier alpha value is -4.01. The van der Waals surface area contributed by atoms with Crippen molar-refractivity contribution in [3.63, 3.8) is 0 Å². The standard InChI is InChI=1S/C23H22FN5O3/c1-16-5-4-6-17(11-16)13-28-15-26-22-18(23(28)31)12-27-29(22)10-9-25-21(30)14-32-20-8-3-2-7-19(20)24/h2-8,11-12,15H,9-10,13-14H2,1H3,(H,25,30). The van der Waals surface area contributed by atoms with Crippen LogP contribution in [0.25, 0.3) is 11.0 Å². The third-order valence-electron chi connectivity index (χ3n) is 4.90. The molecule has 0 atom stereocenters. The highest BCUT2D eigenvalue weighted by Crippen LogP contribution is 2.15. The lowest BCUT2D eigenvalue weighted by molar-refractivity contribution is -0.123. The zero-order valence-corrected chi connectivity index (χ0v) is 17.5. The van der Waals surface area contributed by atoms with Crippen molar-refractivity contribution in [1.29, 1.82) is 0 Å². The Labute approximate surface area is 183 Å². The maximum absolute atomic E-state index is 13.5. The summed E-state index contributed by atoms with van der Waals surface area (Å²) in [6.45, 7) is 2.70. The van der Waals surface area contributed by atoms with Crippen molar-refractivity contribution in [3.8, 4) is 5.75 Å². The third kappa shape index (κ3) is 4.83. The summed E-state index contributed by atoms with van der Waals surface area (Å²) in [5.41, 5.74) is 2.41. The Balaban J connectivity index is 1.36. The molecule has 0 saturated heterocycles. The van der Waals surface area contributed by atoms with Gasteiger partial charge >= 0.3 is 0 Å². The first kappa shape index (κ1) is 21.2. The molecule has 32 heavy (non-hydrogen) atoms. The number of nitrogens with one attached hydrogen (secondary N) is 1. The Morgan fingerprint density at radius 3 is 2.84 bits per heavy atom. The van der Waals surface area contributed by atoms with E-state index in [1.807, 2.05) is 31.2 Å². The number of aryl methyl sites for hydroxylation is 1. The van der Waals surface area contributed by atoms with Gasteiger partial charge in [0, 0.05) is 6.54 Å². The Morgan fingerprint density at radius 2 is 2.03 bits per heavy atom. The molecule has 4 rings (SSSR count). The SMILES string of the molecule is Cc1cccc(Cn2cnc3c(cnn3CCNC(=O)COc3ccccc3F)c2=O)c1. The molecule has 2 aromatic carbocycles. The minimum atomic E-state index is -0.526. The van der Waals surface area contributed by atoms with Gasteiger partial charge in [-0.1, -0.05) is 42.0 Å². The smallest absolute Gasteiger partial charge is 0.264 e. The van der Waals surface area contributed by atoms with E-state index in [1.165, 1.54) is 24.7 Å².